The molecule has 2 fully saturated rings. The van der Waals surface area contributed by atoms with Crippen LogP contribution in [0.4, 0.5) is 61.7 Å². The van der Waals surface area contributed by atoms with Crippen LogP contribution >= 0.6 is 15.6 Å². The number of imidazole rings is 2. The van der Waals surface area contributed by atoms with Gasteiger partial charge in [-0.2, -0.15) is 0 Å². The number of para-hydroxylation sites is 2. The van der Waals surface area contributed by atoms with Gasteiger partial charge in [0, 0.05) is 38.8 Å². The van der Waals surface area contributed by atoms with Crippen LogP contribution < -0.4 is 30.4 Å². The molecule has 2 aliphatic rings. The van der Waals surface area contributed by atoms with Crippen molar-refractivity contribution in [3.05, 3.63) is 61.7 Å². The van der Waals surface area contributed by atoms with Crippen LogP contribution in [0, 0.1) is 0 Å². The van der Waals surface area contributed by atoms with Gasteiger partial charge in [0.1, 0.15) is 37.0 Å². The molecular weight excluding hydrogens is 906 g/mol. The minimum absolute atomic E-state index is 0.260. The van der Waals surface area contributed by atoms with Crippen LogP contribution in [0.2, 0.25) is 0 Å². The molecule has 2 aliphatic heterocycles. The molecule has 3 aromatic rings. The molecule has 1 aromatic carbocycles. The third kappa shape index (κ3) is 25.4. The number of amides is 2. The summed E-state index contributed by atoms with van der Waals surface area (Å²) in [5, 5.41) is 12.1. The zero-order chi connectivity index (χ0) is 46.7. The van der Waals surface area contributed by atoms with Crippen LogP contribution in [0.5, 0.6) is 0 Å². The summed E-state index contributed by atoms with van der Waals surface area (Å²) in [5.41, 5.74) is 0.924. The number of carbonyl (C=O) groups is 4. The second-order valence-electron chi connectivity index (χ2n) is 14.6. The van der Waals surface area contributed by atoms with Crippen molar-refractivity contribution in [2.24, 2.45) is 14.1 Å². The molecule has 0 unspecified atom stereocenters. The fraction of sp³-hybridized carbons (Fsp3) is 0.529. The quantitative estimate of drug-likeness (QED) is 0.0373. The van der Waals surface area contributed by atoms with Crippen molar-refractivity contribution in [2.45, 2.75) is 88.7 Å². The Morgan fingerprint density at radius 1 is 0.629 bits per heavy atom. The van der Waals surface area contributed by atoms with Gasteiger partial charge in [-0.05, 0) is 37.8 Å². The number of nitrogens with zero attached hydrogens (tertiary/aromatic N) is 4. The monoisotopic (exact) mass is 954 g/mol. The molecule has 0 radical (unpaired) electrons. The average molecular weight is 955 g/mol. The zero-order valence-corrected chi connectivity index (χ0v) is 35.0. The number of benzene rings is 1. The molecule has 5 rings (SSSR count). The molecule has 4 heterocycles. The molecule has 28 heteroatoms. The van der Waals surface area contributed by atoms with E-state index in [1.54, 1.807) is 24.3 Å². The van der Waals surface area contributed by atoms with Crippen LogP contribution in [0.3, 0.4) is 0 Å². The summed E-state index contributed by atoms with van der Waals surface area (Å²) in [4.78, 5) is 51.0. The number of carbonyl (C=O) groups excluding carboxylic acids is 4. The van der Waals surface area contributed by atoms with E-state index in [4.69, 9.17) is 9.47 Å². The number of aromatic nitrogens is 4. The van der Waals surface area contributed by atoms with Gasteiger partial charge < -0.3 is 30.7 Å². The predicted octanol–water partition coefficient (Wildman–Crippen LogP) is 7.87. The van der Waals surface area contributed by atoms with Crippen molar-refractivity contribution in [1.82, 2.24) is 19.8 Å². The summed E-state index contributed by atoms with van der Waals surface area (Å²) >= 11 is 0. The zero-order valence-electron chi connectivity index (χ0n) is 33.2. The van der Waals surface area contributed by atoms with Gasteiger partial charge in [0.2, 0.25) is 24.5 Å². The Morgan fingerprint density at radius 2 is 0.968 bits per heavy atom. The van der Waals surface area contributed by atoms with Gasteiger partial charge in [0.15, 0.2) is 0 Å². The third-order valence-electron chi connectivity index (χ3n) is 8.59. The van der Waals surface area contributed by atoms with Crippen LogP contribution in [0.15, 0.2) is 61.7 Å². The fourth-order valence-corrected chi connectivity index (χ4v) is 6.01. The van der Waals surface area contributed by atoms with E-state index in [1.807, 2.05) is 60.7 Å². The first-order chi connectivity index (χ1) is 28.1. The van der Waals surface area contributed by atoms with E-state index in [0.717, 1.165) is 38.8 Å². The van der Waals surface area contributed by atoms with Crippen LogP contribution in [0.1, 0.15) is 51.4 Å². The number of rotatable bonds is 16. The number of esters is 2. The van der Waals surface area contributed by atoms with Crippen molar-refractivity contribution in [3.63, 3.8) is 0 Å². The van der Waals surface area contributed by atoms with Gasteiger partial charge >= 0.3 is 77.9 Å². The van der Waals surface area contributed by atoms with Crippen molar-refractivity contribution in [1.29, 1.82) is 0 Å². The molecule has 0 aliphatic carbocycles. The minimum atomic E-state index is -10.7. The molecule has 2 aromatic heterocycles. The van der Waals surface area contributed by atoms with E-state index in [-0.39, 0.29) is 36.0 Å². The normalized spacial score (nSPS) is 21.0. The third-order valence-corrected chi connectivity index (χ3v) is 8.59. The van der Waals surface area contributed by atoms with Gasteiger partial charge in [-0.15, -0.1) is 0 Å². The Morgan fingerprint density at radius 3 is 1.27 bits per heavy atom. The van der Waals surface area contributed by atoms with Crippen molar-refractivity contribution in [2.75, 3.05) is 23.7 Å². The molecule has 4 N–H and O–H groups in total. The Bertz CT molecular complexity index is 1860. The molecule has 2 amide bonds. The van der Waals surface area contributed by atoms with E-state index in [9.17, 15) is 69.5 Å². The molecule has 0 saturated carbocycles. The molecule has 0 spiro atoms. The molecule has 0 bridgehead atoms. The maximum atomic E-state index is 13.1. The Labute approximate surface area is 346 Å². The van der Waals surface area contributed by atoms with Crippen LogP contribution in [-0.4, -0.2) is 70.3 Å². The standard InChI is InChI=1S/C34H46N8O6.2F6P/c1-39-15-17-41(23-39)13-7-5-11-31(43)47-25-19-29(35-21-25)33(45)37-27-9-3-4-10-28(27)38-34(46)30-20-26(22-36-30)48-32(44)12-6-8-14-42-18-16-40(2)24-42;2*1-7(2,3,4,5)6/h3-4,9-10,15-18,23-26,29-30,35-36H,5-8,11-14,19-22H2,1-2H3;;/q;2*-1/p+2/t25-,26-,29+,30+;;/m1../s1. The molecule has 2 saturated heterocycles. The predicted molar refractivity (Wildman–Crippen MR) is 202 cm³/mol. The number of unbranched alkanes of at least 4 members (excludes halogenated alkanes) is 2. The number of ether oxygens (including phenoxy) is 2. The number of nitrogens with one attached hydrogen (secondary N) is 4. The summed E-state index contributed by atoms with van der Waals surface area (Å²) in [6.45, 7) is 2.47. The fourth-order valence-electron chi connectivity index (χ4n) is 6.01. The van der Waals surface area contributed by atoms with Crippen LogP contribution in [-0.2, 0) is 55.8 Å². The first kappa shape index (κ1) is 51.8. The molecule has 62 heavy (non-hydrogen) atoms. The van der Waals surface area contributed by atoms with Gasteiger partial charge in [0.05, 0.1) is 50.6 Å². The first-order valence-electron chi connectivity index (χ1n) is 18.8. The summed E-state index contributed by atoms with van der Waals surface area (Å²) in [7, 11) is -17.4. The molecule has 14 nitrogen and oxygen atoms in total. The Hall–Kier alpha value is -4.54. The first-order valence-corrected chi connectivity index (χ1v) is 22.9. The van der Waals surface area contributed by atoms with E-state index < -0.39 is 27.7 Å². The average Bonchev–Trinajstić information content (AvgIpc) is 3.93. The molecule has 4 atom stereocenters. The topological polar surface area (TPSA) is 152 Å². The molecular formula is C34H48F12N8O6P2. The van der Waals surface area contributed by atoms with Gasteiger partial charge in [-0.25, -0.2) is 18.3 Å². The summed E-state index contributed by atoms with van der Waals surface area (Å²) in [6, 6.07) is 5.91. The van der Waals surface area contributed by atoms with Crippen LogP contribution in [0.25, 0.3) is 0 Å². The number of hydrogen-bond acceptors (Lipinski definition) is 8. The van der Waals surface area contributed by atoms with E-state index in [1.165, 1.54) is 0 Å². The summed E-state index contributed by atoms with van der Waals surface area (Å²) < 4.78 is 138. The number of aryl methyl sites for hydroxylation is 4. The number of hydrogen-bond donors (Lipinski definition) is 4. The Balaban J connectivity index is 0.000000629. The SMILES string of the molecule is C[n+]1ccn(CCCCC(=O)O[C@H]2CN[C@H](C(=O)Nc3ccccc3NC(=O)[C@@H]3C[C@@H](OC(=O)CCCCn4cc[n+](C)c4)CN3)C2)c1.F[P-](F)(F)(F)(F)F.F[P-](F)(F)(F)(F)F. The van der Waals surface area contributed by atoms with Gasteiger partial charge in [-0.1, -0.05) is 12.1 Å². The van der Waals surface area contributed by atoms with Gasteiger partial charge in [0.25, 0.3) is 0 Å². The van der Waals surface area contributed by atoms with Crippen molar-refractivity contribution in [3.8, 4) is 0 Å². The molecule has 354 valence electrons. The maximum absolute atomic E-state index is 13.1. The number of anilines is 2. The summed E-state index contributed by atoms with van der Waals surface area (Å²) in [5.74, 6) is -1.07. The second kappa shape index (κ2) is 19.1. The van der Waals surface area contributed by atoms with Gasteiger partial charge in [-0.3, -0.25) is 19.2 Å². The van der Waals surface area contributed by atoms with E-state index in [2.05, 4.69) is 30.4 Å². The number of halogens is 12. The summed E-state index contributed by atoms with van der Waals surface area (Å²) in [6.07, 6.45) is 15.8. The Kier molecular flexibility index (Phi) is 15.9. The van der Waals surface area contributed by atoms with Crippen molar-refractivity contribution < 1.29 is 88.1 Å². The van der Waals surface area contributed by atoms with E-state index >= 15 is 0 Å². The van der Waals surface area contributed by atoms with Crippen molar-refractivity contribution >= 4 is 50.7 Å². The second-order valence-corrected chi connectivity index (χ2v) is 18.4. The van der Waals surface area contributed by atoms with E-state index in [0.29, 0.717) is 50.1 Å².